The van der Waals surface area contributed by atoms with Crippen LogP contribution in [0, 0.1) is 5.92 Å². The maximum Gasteiger partial charge on any atom is 0.183 e. The normalized spacial score (nSPS) is 17.6. The number of aromatic nitrogens is 4. The zero-order chi connectivity index (χ0) is 11.7. The van der Waals surface area contributed by atoms with Crippen LogP contribution in [0.25, 0.3) is 11.2 Å². The molecule has 0 amide bonds. The van der Waals surface area contributed by atoms with Gasteiger partial charge in [-0.25, -0.2) is 15.0 Å². The van der Waals surface area contributed by atoms with Gasteiger partial charge in [0, 0.05) is 6.42 Å². The summed E-state index contributed by atoms with van der Waals surface area (Å²) in [5, 5.41) is 0. The van der Waals surface area contributed by atoms with E-state index in [-0.39, 0.29) is 0 Å². The number of imidazole rings is 1. The predicted molar refractivity (Wildman–Crippen MR) is 69.8 cm³/mol. The lowest BCUT2D eigenvalue weighted by atomic mass is 9.99. The highest BCUT2D eigenvalue weighted by atomic mass is 32.2. The third-order valence-corrected chi connectivity index (χ3v) is 4.24. The Bertz CT molecular complexity index is 518. The molecule has 3 rings (SSSR count). The average Bonchev–Trinajstić information content (AvgIpc) is 2.74. The highest BCUT2D eigenvalue weighted by Gasteiger charge is 2.16. The minimum Gasteiger partial charge on any atom is -0.382 e. The quantitative estimate of drug-likeness (QED) is 0.845. The standard InChI is InChI=1S/C11H15N5S/c12-10-9-11(14-6-13-10)16-8(15-9)5-7-1-3-17-4-2-7/h6-7H,1-5H2,(H3,12,13,14,15,16). The van der Waals surface area contributed by atoms with Crippen molar-refractivity contribution >= 4 is 28.7 Å². The number of fused-ring (bicyclic) bond motifs is 1. The van der Waals surface area contributed by atoms with Crippen LogP contribution in [0.2, 0.25) is 0 Å². The predicted octanol–water partition coefficient (Wildman–Crippen LogP) is 1.62. The number of nitrogens with zero attached hydrogens (tertiary/aromatic N) is 3. The van der Waals surface area contributed by atoms with Gasteiger partial charge in [-0.2, -0.15) is 11.8 Å². The van der Waals surface area contributed by atoms with Gasteiger partial charge in [-0.3, -0.25) is 0 Å². The van der Waals surface area contributed by atoms with E-state index < -0.39 is 0 Å². The van der Waals surface area contributed by atoms with Crippen molar-refractivity contribution in [2.75, 3.05) is 17.2 Å². The van der Waals surface area contributed by atoms with E-state index in [0.717, 1.165) is 23.7 Å². The summed E-state index contributed by atoms with van der Waals surface area (Å²) in [6.07, 6.45) is 5.02. The van der Waals surface area contributed by atoms with Crippen LogP contribution >= 0.6 is 11.8 Å². The molecule has 17 heavy (non-hydrogen) atoms. The molecule has 0 saturated carbocycles. The van der Waals surface area contributed by atoms with Crippen molar-refractivity contribution in [1.82, 2.24) is 19.9 Å². The summed E-state index contributed by atoms with van der Waals surface area (Å²) in [6, 6.07) is 0. The first-order chi connectivity index (χ1) is 8.33. The Hall–Kier alpha value is -1.30. The van der Waals surface area contributed by atoms with Crippen LogP contribution in [0.5, 0.6) is 0 Å². The van der Waals surface area contributed by atoms with E-state index in [1.54, 1.807) is 0 Å². The Balaban J connectivity index is 1.83. The van der Waals surface area contributed by atoms with E-state index in [1.807, 2.05) is 11.8 Å². The van der Waals surface area contributed by atoms with Gasteiger partial charge >= 0.3 is 0 Å². The number of rotatable bonds is 2. The molecule has 3 N–H and O–H groups in total. The number of hydrogen-bond donors (Lipinski definition) is 2. The lowest BCUT2D eigenvalue weighted by molar-refractivity contribution is 0.478. The first kappa shape index (κ1) is 10.8. The van der Waals surface area contributed by atoms with E-state index >= 15 is 0 Å². The van der Waals surface area contributed by atoms with E-state index in [1.165, 1.54) is 30.7 Å². The second-order valence-corrected chi connectivity index (χ2v) is 5.63. The summed E-state index contributed by atoms with van der Waals surface area (Å²) >= 11 is 2.04. The molecule has 1 fully saturated rings. The number of thioether (sulfide) groups is 1. The Kier molecular flexibility index (Phi) is 2.88. The minimum atomic E-state index is 0.480. The molecular weight excluding hydrogens is 234 g/mol. The summed E-state index contributed by atoms with van der Waals surface area (Å²) in [4.78, 5) is 15.8. The largest absolute Gasteiger partial charge is 0.382 e. The van der Waals surface area contributed by atoms with Gasteiger partial charge in [0.15, 0.2) is 11.5 Å². The molecular formula is C11H15N5S. The van der Waals surface area contributed by atoms with Crippen molar-refractivity contribution in [3.8, 4) is 0 Å². The highest BCUT2D eigenvalue weighted by molar-refractivity contribution is 7.99. The van der Waals surface area contributed by atoms with Crippen molar-refractivity contribution in [1.29, 1.82) is 0 Å². The minimum absolute atomic E-state index is 0.480. The van der Waals surface area contributed by atoms with Crippen molar-refractivity contribution in [2.24, 2.45) is 5.92 Å². The molecule has 0 atom stereocenters. The van der Waals surface area contributed by atoms with E-state index in [2.05, 4.69) is 19.9 Å². The fraction of sp³-hybridized carbons (Fsp3) is 0.545. The summed E-state index contributed by atoms with van der Waals surface area (Å²) < 4.78 is 0. The number of nitrogens with two attached hydrogens (primary N) is 1. The molecule has 0 unspecified atom stereocenters. The van der Waals surface area contributed by atoms with Gasteiger partial charge in [0.1, 0.15) is 17.7 Å². The number of aromatic amines is 1. The molecule has 0 radical (unpaired) electrons. The summed E-state index contributed by atoms with van der Waals surface area (Å²) in [7, 11) is 0. The molecule has 0 aliphatic carbocycles. The fourth-order valence-electron chi connectivity index (χ4n) is 2.21. The molecule has 5 nitrogen and oxygen atoms in total. The number of anilines is 1. The molecule has 0 aromatic carbocycles. The van der Waals surface area contributed by atoms with Crippen LogP contribution < -0.4 is 5.73 Å². The van der Waals surface area contributed by atoms with Crippen molar-refractivity contribution in [3.63, 3.8) is 0 Å². The zero-order valence-electron chi connectivity index (χ0n) is 9.52. The van der Waals surface area contributed by atoms with Gasteiger partial charge in [0.25, 0.3) is 0 Å². The van der Waals surface area contributed by atoms with Gasteiger partial charge in [0.2, 0.25) is 0 Å². The van der Waals surface area contributed by atoms with E-state index in [0.29, 0.717) is 11.5 Å². The van der Waals surface area contributed by atoms with Crippen molar-refractivity contribution < 1.29 is 0 Å². The number of hydrogen-bond acceptors (Lipinski definition) is 5. The highest BCUT2D eigenvalue weighted by Crippen LogP contribution is 2.26. The Labute approximate surface area is 104 Å². The van der Waals surface area contributed by atoms with E-state index in [9.17, 15) is 0 Å². The topological polar surface area (TPSA) is 80.5 Å². The van der Waals surface area contributed by atoms with Gasteiger partial charge in [0.05, 0.1) is 0 Å². The molecule has 0 spiro atoms. The molecule has 2 aromatic heterocycles. The van der Waals surface area contributed by atoms with E-state index in [4.69, 9.17) is 5.73 Å². The first-order valence-corrected chi connectivity index (χ1v) is 7.01. The SMILES string of the molecule is Nc1ncnc2nc(CC3CCSCC3)[nH]c12. The van der Waals surface area contributed by atoms with Crippen LogP contribution in [0.15, 0.2) is 6.33 Å². The maximum absolute atomic E-state index is 5.78. The monoisotopic (exact) mass is 249 g/mol. The molecule has 6 heteroatoms. The van der Waals surface area contributed by atoms with Gasteiger partial charge in [-0.1, -0.05) is 0 Å². The van der Waals surface area contributed by atoms with Crippen LogP contribution in [0.3, 0.4) is 0 Å². The number of nitrogens with one attached hydrogen (secondary N) is 1. The molecule has 2 aromatic rings. The van der Waals surface area contributed by atoms with Gasteiger partial charge in [-0.05, 0) is 30.3 Å². The second kappa shape index (κ2) is 4.52. The zero-order valence-corrected chi connectivity index (χ0v) is 10.3. The Morgan fingerprint density at radius 2 is 2.18 bits per heavy atom. The second-order valence-electron chi connectivity index (χ2n) is 4.40. The van der Waals surface area contributed by atoms with Crippen LogP contribution in [0.4, 0.5) is 5.82 Å². The third-order valence-electron chi connectivity index (χ3n) is 3.19. The van der Waals surface area contributed by atoms with Gasteiger partial charge < -0.3 is 10.7 Å². The fourth-order valence-corrected chi connectivity index (χ4v) is 3.42. The summed E-state index contributed by atoms with van der Waals surface area (Å²) in [5.74, 6) is 4.75. The summed E-state index contributed by atoms with van der Waals surface area (Å²) in [5.41, 5.74) is 7.23. The van der Waals surface area contributed by atoms with Crippen molar-refractivity contribution in [2.45, 2.75) is 19.3 Å². The molecule has 1 saturated heterocycles. The number of nitrogen functional groups attached to an aromatic ring is 1. The summed E-state index contributed by atoms with van der Waals surface area (Å²) in [6.45, 7) is 0. The molecule has 0 bridgehead atoms. The van der Waals surface area contributed by atoms with Crippen LogP contribution in [-0.4, -0.2) is 31.4 Å². The molecule has 1 aliphatic rings. The van der Waals surface area contributed by atoms with Crippen LogP contribution in [0.1, 0.15) is 18.7 Å². The lowest BCUT2D eigenvalue weighted by Crippen LogP contribution is -2.12. The molecule has 90 valence electrons. The maximum atomic E-state index is 5.78. The first-order valence-electron chi connectivity index (χ1n) is 5.86. The third kappa shape index (κ3) is 2.22. The molecule has 1 aliphatic heterocycles. The Morgan fingerprint density at radius 1 is 1.35 bits per heavy atom. The average molecular weight is 249 g/mol. The Morgan fingerprint density at radius 3 is 2.94 bits per heavy atom. The number of H-pyrrole nitrogens is 1. The lowest BCUT2D eigenvalue weighted by Gasteiger charge is -2.19. The smallest absolute Gasteiger partial charge is 0.183 e. The van der Waals surface area contributed by atoms with Crippen molar-refractivity contribution in [3.05, 3.63) is 12.2 Å². The van der Waals surface area contributed by atoms with Gasteiger partial charge in [-0.15, -0.1) is 0 Å². The molecule has 3 heterocycles. The van der Waals surface area contributed by atoms with Crippen LogP contribution in [-0.2, 0) is 6.42 Å².